The van der Waals surface area contributed by atoms with Crippen LogP contribution in [0.1, 0.15) is 42.3 Å². The fourth-order valence-electron chi connectivity index (χ4n) is 2.70. The molecule has 0 fully saturated rings. The topological polar surface area (TPSA) is 25.2 Å². The van der Waals surface area contributed by atoms with Gasteiger partial charge in [0.1, 0.15) is 5.76 Å². The standard InChI is InChI=1S/C15H16BrNO/c1-10(15-6-3-9-18-15)17-14-8-7-11-12(14)4-2-5-13(11)16/h2-6,9-10,14,17H,7-8H2,1H3. The summed E-state index contributed by atoms with van der Waals surface area (Å²) in [6.07, 6.45) is 4.02. The zero-order valence-corrected chi connectivity index (χ0v) is 11.9. The first-order chi connectivity index (χ1) is 8.75. The van der Waals surface area contributed by atoms with E-state index in [-0.39, 0.29) is 6.04 Å². The fourth-order valence-corrected chi connectivity index (χ4v) is 3.28. The average molecular weight is 306 g/mol. The van der Waals surface area contributed by atoms with Crippen LogP contribution in [0.25, 0.3) is 0 Å². The summed E-state index contributed by atoms with van der Waals surface area (Å²) in [7, 11) is 0. The van der Waals surface area contributed by atoms with Gasteiger partial charge in [-0.05, 0) is 49.1 Å². The minimum absolute atomic E-state index is 0.245. The van der Waals surface area contributed by atoms with Crippen molar-refractivity contribution in [2.24, 2.45) is 0 Å². The SMILES string of the molecule is CC(NC1CCc2c(Br)cccc21)c1ccco1. The molecule has 0 radical (unpaired) electrons. The van der Waals surface area contributed by atoms with Gasteiger partial charge in [0, 0.05) is 10.5 Å². The minimum Gasteiger partial charge on any atom is -0.468 e. The van der Waals surface area contributed by atoms with E-state index in [1.807, 2.05) is 12.1 Å². The van der Waals surface area contributed by atoms with E-state index in [0.717, 1.165) is 18.6 Å². The third kappa shape index (κ3) is 2.13. The maximum Gasteiger partial charge on any atom is 0.120 e. The molecule has 0 bridgehead atoms. The number of halogens is 1. The highest BCUT2D eigenvalue weighted by Crippen LogP contribution is 2.36. The van der Waals surface area contributed by atoms with E-state index in [9.17, 15) is 0 Å². The Morgan fingerprint density at radius 3 is 3.00 bits per heavy atom. The lowest BCUT2D eigenvalue weighted by Crippen LogP contribution is -2.22. The van der Waals surface area contributed by atoms with Gasteiger partial charge in [0.15, 0.2) is 0 Å². The van der Waals surface area contributed by atoms with Crippen LogP contribution in [0.15, 0.2) is 45.5 Å². The summed E-state index contributed by atoms with van der Waals surface area (Å²) >= 11 is 3.63. The van der Waals surface area contributed by atoms with Crippen LogP contribution in [-0.2, 0) is 6.42 Å². The van der Waals surface area contributed by atoms with Crippen molar-refractivity contribution in [1.82, 2.24) is 5.32 Å². The lowest BCUT2D eigenvalue weighted by molar-refractivity contribution is 0.391. The average Bonchev–Trinajstić information content (AvgIpc) is 2.99. The van der Waals surface area contributed by atoms with E-state index < -0.39 is 0 Å². The molecule has 1 aromatic heterocycles. The van der Waals surface area contributed by atoms with E-state index in [4.69, 9.17) is 4.42 Å². The molecule has 0 saturated carbocycles. The summed E-state index contributed by atoms with van der Waals surface area (Å²) in [6.45, 7) is 2.15. The second-order valence-corrected chi connectivity index (χ2v) is 5.66. The first kappa shape index (κ1) is 12.0. The van der Waals surface area contributed by atoms with Crippen molar-refractivity contribution < 1.29 is 4.42 Å². The van der Waals surface area contributed by atoms with Gasteiger partial charge >= 0.3 is 0 Å². The first-order valence-corrected chi connectivity index (χ1v) is 7.12. The highest BCUT2D eigenvalue weighted by molar-refractivity contribution is 9.10. The summed E-state index contributed by atoms with van der Waals surface area (Å²) in [5.74, 6) is 0.999. The van der Waals surface area contributed by atoms with Gasteiger partial charge in [-0.15, -0.1) is 0 Å². The van der Waals surface area contributed by atoms with Gasteiger partial charge in [0.2, 0.25) is 0 Å². The highest BCUT2D eigenvalue weighted by Gasteiger charge is 2.25. The molecule has 1 N–H and O–H groups in total. The van der Waals surface area contributed by atoms with Gasteiger partial charge in [-0.25, -0.2) is 0 Å². The third-order valence-corrected chi connectivity index (χ3v) is 4.38. The molecule has 0 saturated heterocycles. The van der Waals surface area contributed by atoms with Crippen molar-refractivity contribution in [3.05, 3.63) is 58.0 Å². The van der Waals surface area contributed by atoms with Crippen LogP contribution in [0.3, 0.4) is 0 Å². The maximum absolute atomic E-state index is 5.45. The molecule has 94 valence electrons. The molecule has 1 heterocycles. The molecule has 3 rings (SSSR count). The minimum atomic E-state index is 0.245. The third-order valence-electron chi connectivity index (χ3n) is 3.63. The number of benzene rings is 1. The molecule has 0 spiro atoms. The number of furan rings is 1. The van der Waals surface area contributed by atoms with Crippen molar-refractivity contribution in [2.45, 2.75) is 31.8 Å². The van der Waals surface area contributed by atoms with Gasteiger partial charge in [-0.2, -0.15) is 0 Å². The first-order valence-electron chi connectivity index (χ1n) is 6.32. The normalized spacial score (nSPS) is 19.8. The number of hydrogen-bond donors (Lipinski definition) is 1. The highest BCUT2D eigenvalue weighted by atomic mass is 79.9. The van der Waals surface area contributed by atoms with Gasteiger partial charge in [0.25, 0.3) is 0 Å². The molecule has 1 aliphatic carbocycles. The van der Waals surface area contributed by atoms with E-state index in [1.165, 1.54) is 15.6 Å². The summed E-state index contributed by atoms with van der Waals surface area (Å²) < 4.78 is 6.68. The molecule has 2 unspecified atom stereocenters. The van der Waals surface area contributed by atoms with Crippen molar-refractivity contribution >= 4 is 15.9 Å². The van der Waals surface area contributed by atoms with Crippen molar-refractivity contribution in [2.75, 3.05) is 0 Å². The second kappa shape index (κ2) is 4.90. The van der Waals surface area contributed by atoms with Crippen LogP contribution < -0.4 is 5.32 Å². The number of rotatable bonds is 3. The van der Waals surface area contributed by atoms with E-state index in [2.05, 4.69) is 46.4 Å². The Labute approximate surface area is 116 Å². The van der Waals surface area contributed by atoms with Crippen LogP contribution in [0.4, 0.5) is 0 Å². The van der Waals surface area contributed by atoms with Gasteiger partial charge in [0.05, 0.1) is 12.3 Å². The van der Waals surface area contributed by atoms with Crippen molar-refractivity contribution in [3.8, 4) is 0 Å². The van der Waals surface area contributed by atoms with Crippen LogP contribution in [0.5, 0.6) is 0 Å². The van der Waals surface area contributed by atoms with Gasteiger partial charge in [-0.3, -0.25) is 0 Å². The predicted octanol–water partition coefficient (Wildman–Crippen LogP) is 4.38. The van der Waals surface area contributed by atoms with E-state index in [0.29, 0.717) is 6.04 Å². The Kier molecular flexibility index (Phi) is 3.27. The quantitative estimate of drug-likeness (QED) is 0.910. The largest absolute Gasteiger partial charge is 0.468 e. The number of hydrogen-bond acceptors (Lipinski definition) is 2. The molecule has 2 nitrogen and oxygen atoms in total. The summed E-state index contributed by atoms with van der Waals surface area (Å²) in [5, 5.41) is 3.65. The van der Waals surface area contributed by atoms with Crippen LogP contribution >= 0.6 is 15.9 Å². The molecule has 2 atom stereocenters. The van der Waals surface area contributed by atoms with Crippen LogP contribution in [0.2, 0.25) is 0 Å². The molecule has 0 amide bonds. The van der Waals surface area contributed by atoms with E-state index >= 15 is 0 Å². The zero-order valence-electron chi connectivity index (χ0n) is 10.3. The Morgan fingerprint density at radius 1 is 1.33 bits per heavy atom. The molecule has 18 heavy (non-hydrogen) atoms. The smallest absolute Gasteiger partial charge is 0.120 e. The maximum atomic E-state index is 5.45. The van der Waals surface area contributed by atoms with Gasteiger partial charge in [-0.1, -0.05) is 28.1 Å². The molecule has 1 aliphatic rings. The van der Waals surface area contributed by atoms with Crippen LogP contribution in [-0.4, -0.2) is 0 Å². The second-order valence-electron chi connectivity index (χ2n) is 4.80. The summed E-state index contributed by atoms with van der Waals surface area (Å²) in [6, 6.07) is 11.1. The van der Waals surface area contributed by atoms with Crippen molar-refractivity contribution in [3.63, 3.8) is 0 Å². The summed E-state index contributed by atoms with van der Waals surface area (Å²) in [4.78, 5) is 0. The molecular formula is C15H16BrNO. The fraction of sp³-hybridized carbons (Fsp3) is 0.333. The Hall–Kier alpha value is -1.06. The predicted molar refractivity (Wildman–Crippen MR) is 75.5 cm³/mol. The lowest BCUT2D eigenvalue weighted by Gasteiger charge is -2.19. The molecular weight excluding hydrogens is 290 g/mol. The number of nitrogens with one attached hydrogen (secondary N) is 1. The van der Waals surface area contributed by atoms with Crippen molar-refractivity contribution in [1.29, 1.82) is 0 Å². The molecule has 3 heteroatoms. The molecule has 2 aromatic rings. The van der Waals surface area contributed by atoms with E-state index in [1.54, 1.807) is 6.26 Å². The lowest BCUT2D eigenvalue weighted by atomic mass is 10.1. The van der Waals surface area contributed by atoms with Gasteiger partial charge < -0.3 is 9.73 Å². The molecule has 1 aromatic carbocycles. The Morgan fingerprint density at radius 2 is 2.22 bits per heavy atom. The number of fused-ring (bicyclic) bond motifs is 1. The Balaban J connectivity index is 1.79. The summed E-state index contributed by atoms with van der Waals surface area (Å²) in [5.41, 5.74) is 2.87. The Bertz CT molecular complexity index is 535. The van der Waals surface area contributed by atoms with Crippen LogP contribution in [0, 0.1) is 0 Å². The zero-order chi connectivity index (χ0) is 12.5. The molecule has 0 aliphatic heterocycles. The monoisotopic (exact) mass is 305 g/mol.